The lowest BCUT2D eigenvalue weighted by atomic mass is 9.76. The molecule has 1 unspecified atom stereocenters. The number of nitrogens with one attached hydrogen (secondary N) is 2. The maximum absolute atomic E-state index is 5.87. The van der Waals surface area contributed by atoms with Crippen molar-refractivity contribution in [1.29, 1.82) is 0 Å². The van der Waals surface area contributed by atoms with Gasteiger partial charge in [0.2, 0.25) is 0 Å². The number of piperidine rings is 3. The Kier molecular flexibility index (Phi) is 4.87. The van der Waals surface area contributed by atoms with Gasteiger partial charge in [-0.3, -0.25) is 4.90 Å². The molecule has 4 atom stereocenters. The van der Waals surface area contributed by atoms with Gasteiger partial charge in [0.1, 0.15) is 0 Å². The van der Waals surface area contributed by atoms with E-state index in [0.717, 1.165) is 30.3 Å². The molecule has 0 amide bonds. The van der Waals surface area contributed by atoms with E-state index < -0.39 is 0 Å². The molecule has 0 aliphatic carbocycles. The summed E-state index contributed by atoms with van der Waals surface area (Å²) in [6.45, 7) is 3.06. The summed E-state index contributed by atoms with van der Waals surface area (Å²) < 4.78 is 0. The van der Waals surface area contributed by atoms with Gasteiger partial charge in [0, 0.05) is 35.8 Å². The van der Waals surface area contributed by atoms with E-state index in [1.807, 2.05) is 24.3 Å². The van der Waals surface area contributed by atoms with Crippen molar-refractivity contribution in [1.82, 2.24) is 10.2 Å². The quantitative estimate of drug-likeness (QED) is 0.657. The second-order valence-corrected chi connectivity index (χ2v) is 6.89. The number of nitrogens with zero attached hydrogens (tertiary/aromatic N) is 1. The van der Waals surface area contributed by atoms with Crippen molar-refractivity contribution in [2.75, 3.05) is 25.0 Å². The number of benzene rings is 1. The van der Waals surface area contributed by atoms with Gasteiger partial charge < -0.3 is 10.6 Å². The first kappa shape index (κ1) is 15.6. The largest absolute Gasteiger partial charge is 0.361 e. The van der Waals surface area contributed by atoms with Gasteiger partial charge in [-0.15, -0.1) is 12.3 Å². The highest BCUT2D eigenvalue weighted by molar-refractivity contribution is 7.80. The first-order valence-electron chi connectivity index (χ1n) is 7.66. The van der Waals surface area contributed by atoms with E-state index in [4.69, 9.17) is 30.2 Å². The molecule has 0 aromatic heterocycles. The van der Waals surface area contributed by atoms with E-state index in [2.05, 4.69) is 21.5 Å². The second-order valence-electron chi connectivity index (χ2n) is 6.05. The molecule has 1 aromatic rings. The maximum Gasteiger partial charge on any atom is 0.170 e. The summed E-state index contributed by atoms with van der Waals surface area (Å²) in [6, 6.07) is 8.06. The summed E-state index contributed by atoms with van der Waals surface area (Å²) in [5.74, 6) is 4.06. The number of hydrogen-bond donors (Lipinski definition) is 2. The van der Waals surface area contributed by atoms with Crippen LogP contribution >= 0.6 is 23.8 Å². The van der Waals surface area contributed by atoms with Crippen LogP contribution in [0.2, 0.25) is 5.02 Å². The molecule has 0 spiro atoms. The fourth-order valence-electron chi connectivity index (χ4n) is 3.46. The first-order chi connectivity index (χ1) is 10.7. The average Bonchev–Trinajstić information content (AvgIpc) is 2.55. The third-order valence-corrected chi connectivity index (χ3v) is 5.19. The number of halogens is 1. The van der Waals surface area contributed by atoms with Gasteiger partial charge in [-0.05, 0) is 61.8 Å². The summed E-state index contributed by atoms with van der Waals surface area (Å²) in [7, 11) is 0. The summed E-state index contributed by atoms with van der Waals surface area (Å²) in [5.41, 5.74) is 0.944. The number of anilines is 1. The Morgan fingerprint density at radius 3 is 2.82 bits per heavy atom. The molecule has 3 aliphatic rings. The van der Waals surface area contributed by atoms with Crippen molar-refractivity contribution in [2.45, 2.75) is 18.9 Å². The van der Waals surface area contributed by atoms with Gasteiger partial charge in [-0.2, -0.15) is 0 Å². The van der Waals surface area contributed by atoms with Gasteiger partial charge in [-0.1, -0.05) is 11.6 Å². The van der Waals surface area contributed by atoms with Gasteiger partial charge >= 0.3 is 0 Å². The Bertz CT molecular complexity index is 581. The minimum Gasteiger partial charge on any atom is -0.361 e. The minimum atomic E-state index is 0.434. The molecule has 0 radical (unpaired) electrons. The molecule has 22 heavy (non-hydrogen) atoms. The Morgan fingerprint density at radius 2 is 2.18 bits per heavy atom. The van der Waals surface area contributed by atoms with Crippen LogP contribution in [0.3, 0.4) is 0 Å². The highest BCUT2D eigenvalue weighted by Gasteiger charge is 2.38. The van der Waals surface area contributed by atoms with Gasteiger partial charge in [0.05, 0.1) is 0 Å². The van der Waals surface area contributed by atoms with E-state index in [9.17, 15) is 0 Å². The van der Waals surface area contributed by atoms with E-state index in [-0.39, 0.29) is 0 Å². The Hall–Kier alpha value is -1.28. The molecule has 0 saturated carbocycles. The Balaban J connectivity index is 1.48. The molecule has 2 bridgehead atoms. The van der Waals surface area contributed by atoms with E-state index in [1.54, 1.807) is 0 Å². The van der Waals surface area contributed by atoms with Gasteiger partial charge in [-0.25, -0.2) is 0 Å². The number of rotatable bonds is 3. The summed E-state index contributed by atoms with van der Waals surface area (Å²) in [5, 5.41) is 7.88. The summed E-state index contributed by atoms with van der Waals surface area (Å²) in [4.78, 5) is 2.50. The zero-order chi connectivity index (χ0) is 15.5. The summed E-state index contributed by atoms with van der Waals surface area (Å²) >= 11 is 11.2. The lowest BCUT2D eigenvalue weighted by Crippen LogP contribution is -2.56. The monoisotopic (exact) mass is 333 g/mol. The molecule has 3 heterocycles. The third kappa shape index (κ3) is 3.55. The topological polar surface area (TPSA) is 27.3 Å². The molecule has 1 aromatic carbocycles. The molecular weight excluding hydrogens is 314 g/mol. The van der Waals surface area contributed by atoms with Crippen LogP contribution in [0.1, 0.15) is 12.8 Å². The minimum absolute atomic E-state index is 0.434. The zero-order valence-corrected chi connectivity index (χ0v) is 14.0. The third-order valence-electron chi connectivity index (χ3n) is 4.69. The van der Waals surface area contributed by atoms with Crippen LogP contribution in [0.15, 0.2) is 24.3 Å². The highest BCUT2D eigenvalue weighted by Crippen LogP contribution is 2.35. The SMILES string of the molecule is C#C[C@@H]1CN2CC[C@H]1C[C@@H]2CNC(=S)Nc1ccc(Cl)cc1. The van der Waals surface area contributed by atoms with Crippen molar-refractivity contribution in [3.8, 4) is 12.3 Å². The van der Waals surface area contributed by atoms with Crippen LogP contribution in [-0.4, -0.2) is 35.7 Å². The van der Waals surface area contributed by atoms with Gasteiger partial charge in [0.25, 0.3) is 0 Å². The van der Waals surface area contributed by atoms with Crippen molar-refractivity contribution in [2.24, 2.45) is 11.8 Å². The molecule has 3 aliphatic heterocycles. The molecule has 5 heteroatoms. The van der Waals surface area contributed by atoms with E-state index >= 15 is 0 Å². The summed E-state index contributed by atoms with van der Waals surface area (Å²) in [6.07, 6.45) is 8.03. The fraction of sp³-hybridized carbons (Fsp3) is 0.471. The zero-order valence-electron chi connectivity index (χ0n) is 12.4. The second kappa shape index (κ2) is 6.87. The molecule has 3 saturated heterocycles. The Labute approximate surface area is 142 Å². The number of hydrogen-bond acceptors (Lipinski definition) is 2. The van der Waals surface area contributed by atoms with Crippen LogP contribution in [-0.2, 0) is 0 Å². The van der Waals surface area contributed by atoms with Crippen LogP contribution in [0.5, 0.6) is 0 Å². The molecule has 2 N–H and O–H groups in total. The van der Waals surface area contributed by atoms with Crippen LogP contribution in [0, 0.1) is 24.2 Å². The van der Waals surface area contributed by atoms with Crippen molar-refractivity contribution < 1.29 is 0 Å². The predicted molar refractivity (Wildman–Crippen MR) is 96.1 cm³/mol. The highest BCUT2D eigenvalue weighted by atomic mass is 35.5. The van der Waals surface area contributed by atoms with E-state index in [1.165, 1.54) is 12.8 Å². The average molecular weight is 334 g/mol. The lowest BCUT2D eigenvalue weighted by Gasteiger charge is -2.48. The first-order valence-corrected chi connectivity index (χ1v) is 8.45. The number of terminal acetylenes is 1. The normalized spacial score (nSPS) is 29.6. The van der Waals surface area contributed by atoms with E-state index in [0.29, 0.717) is 23.0 Å². The van der Waals surface area contributed by atoms with Crippen molar-refractivity contribution in [3.05, 3.63) is 29.3 Å². The van der Waals surface area contributed by atoms with Crippen LogP contribution in [0.25, 0.3) is 0 Å². The molecule has 3 fully saturated rings. The molecule has 3 nitrogen and oxygen atoms in total. The predicted octanol–water partition coefficient (Wildman–Crippen LogP) is 2.97. The molecule has 116 valence electrons. The lowest BCUT2D eigenvalue weighted by molar-refractivity contribution is 0.0248. The molecular formula is C17H20ClN3S. The standard InChI is InChI=1S/C17H20ClN3S/c1-2-12-11-21-8-7-13(12)9-16(21)10-19-17(22)20-15-5-3-14(18)4-6-15/h1,3-6,12-13,16H,7-11H2,(H2,19,20,22)/t12-,13+,16-/m1/s1. The Morgan fingerprint density at radius 1 is 1.41 bits per heavy atom. The van der Waals surface area contributed by atoms with Crippen molar-refractivity contribution in [3.63, 3.8) is 0 Å². The number of thiocarbonyl (C=S) groups is 1. The van der Waals surface area contributed by atoms with Crippen LogP contribution < -0.4 is 10.6 Å². The molecule has 4 rings (SSSR count). The van der Waals surface area contributed by atoms with Gasteiger partial charge in [0.15, 0.2) is 5.11 Å². The van der Waals surface area contributed by atoms with Crippen LogP contribution in [0.4, 0.5) is 5.69 Å². The number of fused-ring (bicyclic) bond motifs is 3. The fourth-order valence-corrected chi connectivity index (χ4v) is 3.79. The van der Waals surface area contributed by atoms with Crippen molar-refractivity contribution >= 4 is 34.6 Å². The maximum atomic E-state index is 5.87. The smallest absolute Gasteiger partial charge is 0.170 e.